The summed E-state index contributed by atoms with van der Waals surface area (Å²) >= 11 is 5.72. The molecule has 1 N–H and O–H groups in total. The Morgan fingerprint density at radius 1 is 1.23 bits per heavy atom. The second-order valence-corrected chi connectivity index (χ2v) is 10.7. The summed E-state index contributed by atoms with van der Waals surface area (Å²) in [5, 5.41) is 4.21. The number of hydrogen-bond acceptors (Lipinski definition) is 3. The maximum absolute atomic E-state index is 14.1. The highest BCUT2D eigenvalue weighted by Crippen LogP contribution is 2.60. The van der Waals surface area contributed by atoms with E-state index in [0.717, 1.165) is 44.9 Å². The average molecular weight is 429 g/mol. The first-order chi connectivity index (χ1) is 14.2. The molecule has 30 heavy (non-hydrogen) atoms. The zero-order valence-electron chi connectivity index (χ0n) is 19.1. The molecule has 1 atom stereocenters. The Balaban J connectivity index is 1.80. The summed E-state index contributed by atoms with van der Waals surface area (Å²) < 4.78 is 5.66. The molecule has 1 aromatic rings. The van der Waals surface area contributed by atoms with Crippen molar-refractivity contribution in [2.24, 2.45) is 11.3 Å². The van der Waals surface area contributed by atoms with Gasteiger partial charge in [-0.05, 0) is 93.6 Å². The Hall–Kier alpha value is -1.46. The SMILES string of the molecule is COC1CCC2(CC1)Cc1ccc(CCC(C)C)cc1C21NC(=S)N(C(C)C)C1=O. The average Bonchev–Trinajstić information content (AvgIpc) is 3.13. The van der Waals surface area contributed by atoms with Gasteiger partial charge in [0.15, 0.2) is 10.7 Å². The summed E-state index contributed by atoms with van der Waals surface area (Å²) in [4.78, 5) is 15.9. The zero-order chi connectivity index (χ0) is 21.7. The van der Waals surface area contributed by atoms with Crippen molar-refractivity contribution in [2.75, 3.05) is 7.11 Å². The number of carbonyl (C=O) groups is 1. The molecular formula is C25H36N2O2S. The smallest absolute Gasteiger partial charge is 0.259 e. The number of carbonyl (C=O) groups excluding carboxylic acids is 1. The van der Waals surface area contributed by atoms with Gasteiger partial charge in [0.2, 0.25) is 0 Å². The number of nitrogens with one attached hydrogen (secondary N) is 1. The Kier molecular flexibility index (Phi) is 5.73. The summed E-state index contributed by atoms with van der Waals surface area (Å²) in [7, 11) is 1.80. The summed E-state index contributed by atoms with van der Waals surface area (Å²) in [6, 6.07) is 6.91. The molecule has 1 unspecified atom stereocenters. The summed E-state index contributed by atoms with van der Waals surface area (Å²) in [6.45, 7) is 8.63. The molecule has 0 bridgehead atoms. The van der Waals surface area contributed by atoms with Crippen LogP contribution < -0.4 is 5.32 Å². The molecule has 164 valence electrons. The van der Waals surface area contributed by atoms with Crippen LogP contribution >= 0.6 is 12.2 Å². The molecule has 1 saturated carbocycles. The number of aryl methyl sites for hydroxylation is 1. The van der Waals surface area contributed by atoms with E-state index in [2.05, 4.69) is 37.4 Å². The first-order valence-electron chi connectivity index (χ1n) is 11.5. The van der Waals surface area contributed by atoms with Crippen molar-refractivity contribution in [3.8, 4) is 0 Å². The molecule has 3 aliphatic rings. The Morgan fingerprint density at radius 3 is 2.50 bits per heavy atom. The van der Waals surface area contributed by atoms with Gasteiger partial charge in [-0.1, -0.05) is 32.0 Å². The van der Waals surface area contributed by atoms with Gasteiger partial charge in [-0.2, -0.15) is 0 Å². The first-order valence-corrected chi connectivity index (χ1v) is 12.0. The topological polar surface area (TPSA) is 41.6 Å². The van der Waals surface area contributed by atoms with Crippen molar-refractivity contribution in [1.29, 1.82) is 0 Å². The van der Waals surface area contributed by atoms with Gasteiger partial charge in [0.1, 0.15) is 0 Å². The fraction of sp³-hybridized carbons (Fsp3) is 0.680. The fourth-order valence-corrected chi connectivity index (χ4v) is 6.46. The van der Waals surface area contributed by atoms with Crippen molar-refractivity contribution in [3.63, 3.8) is 0 Å². The summed E-state index contributed by atoms with van der Waals surface area (Å²) in [5.41, 5.74) is 2.96. The van der Waals surface area contributed by atoms with Crippen LogP contribution in [-0.4, -0.2) is 35.2 Å². The minimum absolute atomic E-state index is 0.0532. The number of ether oxygens (including phenoxy) is 1. The van der Waals surface area contributed by atoms with E-state index in [-0.39, 0.29) is 17.4 Å². The Labute approximate surface area is 186 Å². The lowest BCUT2D eigenvalue weighted by Gasteiger charge is -2.46. The van der Waals surface area contributed by atoms with Crippen LogP contribution in [0.25, 0.3) is 0 Å². The van der Waals surface area contributed by atoms with Crippen LogP contribution in [0.5, 0.6) is 0 Å². The lowest BCUT2D eigenvalue weighted by molar-refractivity contribution is -0.139. The van der Waals surface area contributed by atoms with Gasteiger partial charge in [-0.25, -0.2) is 0 Å². The van der Waals surface area contributed by atoms with Crippen molar-refractivity contribution in [1.82, 2.24) is 10.2 Å². The fourth-order valence-electron chi connectivity index (χ4n) is 6.01. The van der Waals surface area contributed by atoms with E-state index in [1.807, 2.05) is 18.7 Å². The van der Waals surface area contributed by atoms with Crippen LogP contribution in [0.2, 0.25) is 0 Å². The van der Waals surface area contributed by atoms with E-state index in [9.17, 15) is 4.79 Å². The molecule has 1 saturated heterocycles. The standard InChI is InChI=1S/C25H36N2O2S/c1-16(2)6-7-18-8-9-19-15-24(12-10-20(29-5)11-13-24)25(21(19)14-18)22(28)27(17(3)4)23(30)26-25/h8-9,14,16-17,20H,6-7,10-13,15H2,1-5H3,(H,26,30). The minimum Gasteiger partial charge on any atom is -0.381 e. The molecule has 1 amide bonds. The number of nitrogens with zero attached hydrogens (tertiary/aromatic N) is 1. The van der Waals surface area contributed by atoms with Crippen LogP contribution in [0.15, 0.2) is 18.2 Å². The largest absolute Gasteiger partial charge is 0.381 e. The third-order valence-corrected chi connectivity index (χ3v) is 8.00. The van der Waals surface area contributed by atoms with Crippen LogP contribution in [0.1, 0.15) is 76.5 Å². The summed E-state index contributed by atoms with van der Waals surface area (Å²) in [6.07, 6.45) is 7.39. The molecule has 5 heteroatoms. The maximum Gasteiger partial charge on any atom is 0.259 e. The lowest BCUT2D eigenvalue weighted by atomic mass is 9.61. The van der Waals surface area contributed by atoms with Crippen LogP contribution in [0.3, 0.4) is 0 Å². The second kappa shape index (κ2) is 7.90. The molecular weight excluding hydrogens is 392 g/mol. The van der Waals surface area contributed by atoms with Gasteiger partial charge in [0, 0.05) is 18.6 Å². The molecule has 0 aromatic heterocycles. The van der Waals surface area contributed by atoms with Crippen molar-refractivity contribution in [3.05, 3.63) is 34.9 Å². The van der Waals surface area contributed by atoms with Gasteiger partial charge in [-0.15, -0.1) is 0 Å². The number of thiocarbonyl (C=S) groups is 1. The lowest BCUT2D eigenvalue weighted by Crippen LogP contribution is -2.57. The molecule has 4 rings (SSSR count). The van der Waals surface area contributed by atoms with E-state index in [4.69, 9.17) is 17.0 Å². The Morgan fingerprint density at radius 2 is 1.93 bits per heavy atom. The van der Waals surface area contributed by atoms with E-state index in [1.165, 1.54) is 16.7 Å². The number of amides is 1. The molecule has 4 nitrogen and oxygen atoms in total. The van der Waals surface area contributed by atoms with E-state index < -0.39 is 5.54 Å². The molecule has 0 radical (unpaired) electrons. The van der Waals surface area contributed by atoms with Gasteiger partial charge in [0.05, 0.1) is 6.10 Å². The number of benzene rings is 1. The predicted molar refractivity (Wildman–Crippen MR) is 124 cm³/mol. The highest BCUT2D eigenvalue weighted by atomic mass is 32.1. The number of rotatable bonds is 5. The second-order valence-electron chi connectivity index (χ2n) is 10.3. The molecule has 1 aliphatic heterocycles. The third kappa shape index (κ3) is 3.20. The number of hydrogen-bond donors (Lipinski definition) is 1. The van der Waals surface area contributed by atoms with Gasteiger partial charge < -0.3 is 10.1 Å². The van der Waals surface area contributed by atoms with Gasteiger partial charge in [0.25, 0.3) is 5.91 Å². The minimum atomic E-state index is -0.726. The van der Waals surface area contributed by atoms with E-state index in [0.29, 0.717) is 17.1 Å². The molecule has 1 aromatic carbocycles. The van der Waals surface area contributed by atoms with Crippen LogP contribution in [-0.2, 0) is 27.9 Å². The van der Waals surface area contributed by atoms with Crippen molar-refractivity contribution < 1.29 is 9.53 Å². The molecule has 2 spiro atoms. The third-order valence-electron chi connectivity index (χ3n) is 7.71. The highest BCUT2D eigenvalue weighted by Gasteiger charge is 2.67. The van der Waals surface area contributed by atoms with E-state index >= 15 is 0 Å². The zero-order valence-corrected chi connectivity index (χ0v) is 19.9. The molecule has 1 heterocycles. The number of methoxy groups -OCH3 is 1. The molecule has 2 aliphatic carbocycles. The number of fused-ring (bicyclic) bond motifs is 3. The summed E-state index contributed by atoms with van der Waals surface area (Å²) in [5.74, 6) is 0.816. The maximum atomic E-state index is 14.1. The van der Waals surface area contributed by atoms with Crippen LogP contribution in [0, 0.1) is 11.3 Å². The first kappa shape index (κ1) is 21.8. The Bertz CT molecular complexity index is 842. The van der Waals surface area contributed by atoms with Crippen LogP contribution in [0.4, 0.5) is 0 Å². The quantitative estimate of drug-likeness (QED) is 0.689. The monoisotopic (exact) mass is 428 g/mol. The van der Waals surface area contributed by atoms with Crippen molar-refractivity contribution >= 4 is 23.2 Å². The van der Waals surface area contributed by atoms with Gasteiger partial charge >= 0.3 is 0 Å². The van der Waals surface area contributed by atoms with E-state index in [1.54, 1.807) is 7.11 Å². The van der Waals surface area contributed by atoms with Gasteiger partial charge in [-0.3, -0.25) is 9.69 Å². The normalized spacial score (nSPS) is 30.8. The van der Waals surface area contributed by atoms with Crippen molar-refractivity contribution in [2.45, 2.75) is 90.3 Å². The highest BCUT2D eigenvalue weighted by molar-refractivity contribution is 7.80. The predicted octanol–water partition coefficient (Wildman–Crippen LogP) is 4.73. The molecule has 2 fully saturated rings.